The Morgan fingerprint density at radius 1 is 1.39 bits per heavy atom. The molecule has 0 aromatic heterocycles. The van der Waals surface area contributed by atoms with E-state index in [1.54, 1.807) is 4.90 Å². The Morgan fingerprint density at radius 2 is 2.11 bits per heavy atom. The fourth-order valence-corrected chi connectivity index (χ4v) is 3.46. The van der Waals surface area contributed by atoms with Crippen LogP contribution in [0.1, 0.15) is 32.1 Å². The molecule has 0 spiro atoms. The summed E-state index contributed by atoms with van der Waals surface area (Å²) in [4.78, 5) is 25.3. The van der Waals surface area contributed by atoms with Gasteiger partial charge in [0.1, 0.15) is 6.04 Å². The number of hydrogen-bond acceptors (Lipinski definition) is 4. The summed E-state index contributed by atoms with van der Waals surface area (Å²) in [6.07, 6.45) is 5.55. The van der Waals surface area contributed by atoms with Crippen molar-refractivity contribution in [2.24, 2.45) is 0 Å². The molecule has 102 valence electrons. The summed E-state index contributed by atoms with van der Waals surface area (Å²) in [5.74, 6) is 0.473. The molecule has 1 saturated heterocycles. The van der Waals surface area contributed by atoms with Crippen molar-refractivity contribution >= 4 is 22.9 Å². The van der Waals surface area contributed by atoms with E-state index in [4.69, 9.17) is 5.11 Å². The van der Waals surface area contributed by atoms with Gasteiger partial charge in [0.05, 0.1) is 6.61 Å². The van der Waals surface area contributed by atoms with Crippen LogP contribution in [0.2, 0.25) is 0 Å². The van der Waals surface area contributed by atoms with Crippen molar-refractivity contribution in [2.45, 2.75) is 44.2 Å². The smallest absolute Gasteiger partial charge is 0.279 e. The third-order valence-electron chi connectivity index (χ3n) is 3.61. The molecule has 18 heavy (non-hydrogen) atoms. The van der Waals surface area contributed by atoms with Crippen molar-refractivity contribution in [1.29, 1.82) is 0 Å². The van der Waals surface area contributed by atoms with Gasteiger partial charge in [-0.25, -0.2) is 0 Å². The third kappa shape index (κ3) is 3.17. The van der Waals surface area contributed by atoms with Crippen molar-refractivity contribution in [3.63, 3.8) is 0 Å². The monoisotopic (exact) mass is 272 g/mol. The molecular weight excluding hydrogens is 252 g/mol. The molecule has 1 aliphatic carbocycles. The Balaban J connectivity index is 1.99. The number of aliphatic hydroxyl groups is 1. The van der Waals surface area contributed by atoms with Gasteiger partial charge in [0.25, 0.3) is 5.24 Å². The van der Waals surface area contributed by atoms with Gasteiger partial charge in [0.15, 0.2) is 0 Å². The topological polar surface area (TPSA) is 69.6 Å². The lowest BCUT2D eigenvalue weighted by Gasteiger charge is -2.35. The minimum atomic E-state index is -0.407. The van der Waals surface area contributed by atoms with E-state index in [9.17, 15) is 9.59 Å². The number of hydrogen-bond donors (Lipinski definition) is 2. The highest BCUT2D eigenvalue weighted by molar-refractivity contribution is 8.14. The number of carbonyl (C=O) groups is 2. The van der Waals surface area contributed by atoms with Crippen molar-refractivity contribution in [2.75, 3.05) is 18.9 Å². The molecule has 5 nitrogen and oxygen atoms in total. The molecule has 1 saturated carbocycles. The van der Waals surface area contributed by atoms with Gasteiger partial charge in [-0.1, -0.05) is 31.0 Å². The Hall–Kier alpha value is -0.750. The third-order valence-corrected chi connectivity index (χ3v) is 4.49. The lowest BCUT2D eigenvalue weighted by molar-refractivity contribution is -0.136. The molecule has 1 aliphatic heterocycles. The summed E-state index contributed by atoms with van der Waals surface area (Å²) in [6, 6.07) is -0.170. The van der Waals surface area contributed by atoms with Crippen LogP contribution in [0.5, 0.6) is 0 Å². The molecule has 0 aromatic rings. The first kappa shape index (κ1) is 13.7. The Kier molecular flexibility index (Phi) is 4.88. The summed E-state index contributed by atoms with van der Waals surface area (Å²) >= 11 is 1.16. The van der Waals surface area contributed by atoms with Crippen molar-refractivity contribution in [3.8, 4) is 0 Å². The summed E-state index contributed by atoms with van der Waals surface area (Å²) in [5.41, 5.74) is 0. The average molecular weight is 272 g/mol. The van der Waals surface area contributed by atoms with Gasteiger partial charge in [0.2, 0.25) is 5.91 Å². The Labute approximate surface area is 111 Å². The summed E-state index contributed by atoms with van der Waals surface area (Å²) in [6.45, 7) is 0.358. The number of carbonyl (C=O) groups excluding carboxylic acids is 2. The fourth-order valence-electron chi connectivity index (χ4n) is 2.69. The van der Waals surface area contributed by atoms with Crippen molar-refractivity contribution < 1.29 is 14.7 Å². The molecule has 2 aliphatic rings. The minimum Gasteiger partial charge on any atom is -0.395 e. The van der Waals surface area contributed by atoms with Gasteiger partial charge >= 0.3 is 0 Å². The summed E-state index contributed by atoms with van der Waals surface area (Å²) in [5, 5.41) is 11.7. The standard InChI is InChI=1S/C12H20N2O3S/c15-7-6-14(9-4-2-1-3-5-9)11(16)10-8-18-12(17)13-10/h9-10,15H,1-8H2,(H,13,17). The largest absolute Gasteiger partial charge is 0.395 e. The summed E-state index contributed by atoms with van der Waals surface area (Å²) < 4.78 is 0. The highest BCUT2D eigenvalue weighted by Gasteiger charge is 2.34. The highest BCUT2D eigenvalue weighted by atomic mass is 32.2. The van der Waals surface area contributed by atoms with E-state index < -0.39 is 6.04 Å². The molecule has 1 atom stereocenters. The SMILES string of the molecule is O=C1NC(C(=O)N(CCO)C2CCCCC2)CS1. The zero-order chi connectivity index (χ0) is 13.0. The Morgan fingerprint density at radius 3 is 2.67 bits per heavy atom. The van der Waals surface area contributed by atoms with Crippen LogP contribution in [0.15, 0.2) is 0 Å². The van der Waals surface area contributed by atoms with Gasteiger partial charge in [-0.05, 0) is 12.8 Å². The first-order chi connectivity index (χ1) is 8.72. The number of thioether (sulfide) groups is 1. The second-order valence-electron chi connectivity index (χ2n) is 4.84. The second-order valence-corrected chi connectivity index (χ2v) is 5.84. The molecule has 2 fully saturated rings. The van der Waals surface area contributed by atoms with Crippen LogP contribution >= 0.6 is 11.8 Å². The zero-order valence-electron chi connectivity index (χ0n) is 10.4. The van der Waals surface area contributed by atoms with E-state index in [1.165, 1.54) is 6.42 Å². The predicted octanol–water partition coefficient (Wildman–Crippen LogP) is 0.965. The molecule has 0 aromatic carbocycles. The van der Waals surface area contributed by atoms with Crippen molar-refractivity contribution in [3.05, 3.63) is 0 Å². The average Bonchev–Trinajstić information content (AvgIpc) is 2.83. The Bertz CT molecular complexity index is 318. The molecule has 2 rings (SSSR count). The zero-order valence-corrected chi connectivity index (χ0v) is 11.2. The van der Waals surface area contributed by atoms with Crippen LogP contribution in [-0.4, -0.2) is 52.1 Å². The first-order valence-corrected chi connectivity index (χ1v) is 7.55. The van der Waals surface area contributed by atoms with Crippen LogP contribution in [0.4, 0.5) is 4.79 Å². The van der Waals surface area contributed by atoms with E-state index in [-0.39, 0.29) is 23.8 Å². The number of amides is 2. The van der Waals surface area contributed by atoms with Crippen molar-refractivity contribution in [1.82, 2.24) is 10.2 Å². The second kappa shape index (κ2) is 6.43. The molecule has 2 N–H and O–H groups in total. The maximum atomic E-state index is 12.4. The van der Waals surface area contributed by atoms with Gasteiger partial charge in [-0.3, -0.25) is 9.59 Å². The maximum absolute atomic E-state index is 12.4. The molecule has 0 radical (unpaired) electrons. The molecular formula is C12H20N2O3S. The molecule has 1 heterocycles. The summed E-state index contributed by atoms with van der Waals surface area (Å²) in [7, 11) is 0. The van der Waals surface area contributed by atoms with E-state index in [0.717, 1.165) is 37.4 Å². The van der Waals surface area contributed by atoms with Crippen LogP contribution in [0.3, 0.4) is 0 Å². The highest BCUT2D eigenvalue weighted by Crippen LogP contribution is 2.24. The molecule has 0 bridgehead atoms. The van der Waals surface area contributed by atoms with Gasteiger partial charge in [-0.2, -0.15) is 0 Å². The van der Waals surface area contributed by atoms with E-state index in [0.29, 0.717) is 12.3 Å². The normalized spacial score (nSPS) is 24.9. The first-order valence-electron chi connectivity index (χ1n) is 6.57. The van der Waals surface area contributed by atoms with Crippen LogP contribution in [0.25, 0.3) is 0 Å². The molecule has 6 heteroatoms. The van der Waals surface area contributed by atoms with E-state index in [1.807, 2.05) is 0 Å². The predicted molar refractivity (Wildman–Crippen MR) is 70.4 cm³/mol. The van der Waals surface area contributed by atoms with Gasteiger partial charge < -0.3 is 15.3 Å². The minimum absolute atomic E-state index is 0.0178. The number of nitrogens with one attached hydrogen (secondary N) is 1. The van der Waals surface area contributed by atoms with Gasteiger partial charge in [-0.15, -0.1) is 0 Å². The molecule has 2 amide bonds. The van der Waals surface area contributed by atoms with E-state index in [2.05, 4.69) is 5.32 Å². The number of rotatable bonds is 4. The number of aliphatic hydroxyl groups excluding tert-OH is 1. The quantitative estimate of drug-likeness (QED) is 0.800. The van der Waals surface area contributed by atoms with Gasteiger partial charge in [0, 0.05) is 18.3 Å². The van der Waals surface area contributed by atoms with E-state index >= 15 is 0 Å². The van der Waals surface area contributed by atoms with Crippen LogP contribution < -0.4 is 5.32 Å². The van der Waals surface area contributed by atoms with Crippen LogP contribution in [0, 0.1) is 0 Å². The lowest BCUT2D eigenvalue weighted by atomic mass is 9.93. The fraction of sp³-hybridized carbons (Fsp3) is 0.833. The number of nitrogens with zero attached hydrogens (tertiary/aromatic N) is 1. The van der Waals surface area contributed by atoms with Crippen LogP contribution in [-0.2, 0) is 4.79 Å². The molecule has 1 unspecified atom stereocenters. The lowest BCUT2D eigenvalue weighted by Crippen LogP contribution is -2.51. The maximum Gasteiger partial charge on any atom is 0.279 e.